The van der Waals surface area contributed by atoms with Crippen LogP contribution < -0.4 is 0 Å². The smallest absolute Gasteiger partial charge is 0.0142 e. The second-order valence-electron chi connectivity index (χ2n) is 5.92. The molecule has 0 saturated carbocycles. The van der Waals surface area contributed by atoms with Gasteiger partial charge in [-0.2, -0.15) is 0 Å². The summed E-state index contributed by atoms with van der Waals surface area (Å²) in [6.07, 6.45) is 4.83. The molecule has 100 valence electrons. The van der Waals surface area contributed by atoms with Gasteiger partial charge in [0.25, 0.3) is 0 Å². The topological polar surface area (TPSA) is 0 Å². The Hall–Kier alpha value is -0.520. The molecule has 0 rings (SSSR count). The van der Waals surface area contributed by atoms with Gasteiger partial charge in [-0.05, 0) is 42.2 Å². The molecule has 1 unspecified atom stereocenters. The largest absolute Gasteiger partial charge is 0.0953 e. The molecule has 0 spiro atoms. The lowest BCUT2D eigenvalue weighted by atomic mass is 9.72. The minimum Gasteiger partial charge on any atom is -0.0953 e. The summed E-state index contributed by atoms with van der Waals surface area (Å²) in [5.74, 6) is 0.561. The zero-order valence-electron chi connectivity index (χ0n) is 13.1. The highest BCUT2D eigenvalue weighted by atomic mass is 14.3. The Morgan fingerprint density at radius 1 is 1.18 bits per heavy atom. The van der Waals surface area contributed by atoms with E-state index in [1.807, 2.05) is 0 Å². The fourth-order valence-electron chi connectivity index (χ4n) is 2.26. The van der Waals surface area contributed by atoms with Gasteiger partial charge in [0.05, 0.1) is 0 Å². The molecule has 0 aliphatic carbocycles. The van der Waals surface area contributed by atoms with Crippen LogP contribution in [0.5, 0.6) is 0 Å². The van der Waals surface area contributed by atoms with Crippen molar-refractivity contribution in [1.82, 2.24) is 0 Å². The molecule has 0 aromatic heterocycles. The van der Waals surface area contributed by atoms with E-state index in [-0.39, 0.29) is 0 Å². The van der Waals surface area contributed by atoms with Crippen molar-refractivity contribution in [3.8, 4) is 0 Å². The van der Waals surface area contributed by atoms with Crippen molar-refractivity contribution >= 4 is 0 Å². The van der Waals surface area contributed by atoms with E-state index in [1.54, 1.807) is 5.57 Å². The molecule has 0 aromatic carbocycles. The highest BCUT2D eigenvalue weighted by Gasteiger charge is 2.26. The average Bonchev–Trinajstić information content (AvgIpc) is 2.33. The van der Waals surface area contributed by atoms with Crippen molar-refractivity contribution in [1.29, 1.82) is 0 Å². The van der Waals surface area contributed by atoms with Crippen LogP contribution >= 0.6 is 0 Å². The van der Waals surface area contributed by atoms with Gasteiger partial charge in [-0.1, -0.05) is 66.5 Å². The van der Waals surface area contributed by atoms with E-state index in [0.29, 0.717) is 11.3 Å². The molecule has 0 amide bonds. The Balaban J connectivity index is 5.03. The van der Waals surface area contributed by atoms with Crippen LogP contribution in [0.25, 0.3) is 0 Å². The molecular weight excluding hydrogens is 204 g/mol. The molecule has 0 bridgehead atoms. The summed E-state index contributed by atoms with van der Waals surface area (Å²) in [4.78, 5) is 0. The van der Waals surface area contributed by atoms with Crippen LogP contribution in [0, 0.1) is 11.3 Å². The third-order valence-electron chi connectivity index (χ3n) is 4.60. The zero-order valence-corrected chi connectivity index (χ0v) is 13.1. The maximum Gasteiger partial charge on any atom is -0.0142 e. The quantitative estimate of drug-likeness (QED) is 0.466. The Labute approximate surface area is 109 Å². The minimum absolute atomic E-state index is 0.351. The molecule has 0 radical (unpaired) electrons. The maximum atomic E-state index is 4.36. The van der Waals surface area contributed by atoms with Crippen molar-refractivity contribution < 1.29 is 0 Å². The van der Waals surface area contributed by atoms with Crippen LogP contribution in [-0.2, 0) is 0 Å². The van der Waals surface area contributed by atoms with Crippen molar-refractivity contribution in [3.05, 3.63) is 23.3 Å². The van der Waals surface area contributed by atoms with Crippen LogP contribution in [0.3, 0.4) is 0 Å². The van der Waals surface area contributed by atoms with Crippen LogP contribution in [-0.4, -0.2) is 0 Å². The first kappa shape index (κ1) is 16.5. The second kappa shape index (κ2) is 7.03. The lowest BCUT2D eigenvalue weighted by Gasteiger charge is -2.33. The normalized spacial score (nSPS) is 15.5. The molecular formula is C17H32. The number of rotatable bonds is 7. The Bertz CT molecular complexity index is 278. The summed E-state index contributed by atoms with van der Waals surface area (Å²) in [6.45, 7) is 20.4. The van der Waals surface area contributed by atoms with Gasteiger partial charge in [0.1, 0.15) is 0 Å². The first-order valence-electron chi connectivity index (χ1n) is 7.19. The molecule has 0 saturated heterocycles. The van der Waals surface area contributed by atoms with E-state index in [9.17, 15) is 0 Å². The van der Waals surface area contributed by atoms with Gasteiger partial charge >= 0.3 is 0 Å². The number of allylic oxidation sites excluding steroid dienone is 3. The summed E-state index contributed by atoms with van der Waals surface area (Å²) in [5.41, 5.74) is 4.76. The molecule has 17 heavy (non-hydrogen) atoms. The zero-order chi connectivity index (χ0) is 13.6. The summed E-state index contributed by atoms with van der Waals surface area (Å²) in [7, 11) is 0. The van der Waals surface area contributed by atoms with Crippen LogP contribution in [0.15, 0.2) is 23.3 Å². The molecule has 0 heterocycles. The Morgan fingerprint density at radius 3 is 2.06 bits per heavy atom. The molecule has 0 aliphatic rings. The molecule has 0 aliphatic heterocycles. The molecule has 0 aromatic rings. The maximum absolute atomic E-state index is 4.36. The Morgan fingerprint density at radius 2 is 1.71 bits per heavy atom. The van der Waals surface area contributed by atoms with E-state index in [0.717, 1.165) is 6.42 Å². The lowest BCUT2D eigenvalue weighted by Crippen LogP contribution is -2.22. The highest BCUT2D eigenvalue weighted by Crippen LogP contribution is 2.38. The second-order valence-corrected chi connectivity index (χ2v) is 5.92. The minimum atomic E-state index is 0.351. The fourth-order valence-corrected chi connectivity index (χ4v) is 2.26. The summed E-state index contributed by atoms with van der Waals surface area (Å²) in [5, 5.41) is 0. The van der Waals surface area contributed by atoms with Gasteiger partial charge in [-0.25, -0.2) is 0 Å². The van der Waals surface area contributed by atoms with E-state index in [4.69, 9.17) is 0 Å². The number of hydrogen-bond acceptors (Lipinski definition) is 0. The van der Waals surface area contributed by atoms with E-state index in [2.05, 4.69) is 55.0 Å². The predicted molar refractivity (Wildman–Crippen MR) is 80.3 cm³/mol. The fraction of sp³-hybridized carbons (Fsp3) is 0.765. The molecule has 0 heteroatoms. The SMILES string of the molecule is C=C(C(C)=C(CC)CCC)C(C)C(C)(C)CC. The first-order chi connectivity index (χ1) is 7.81. The van der Waals surface area contributed by atoms with Crippen LogP contribution in [0.4, 0.5) is 0 Å². The van der Waals surface area contributed by atoms with Gasteiger partial charge in [0.2, 0.25) is 0 Å². The molecule has 1 atom stereocenters. The van der Waals surface area contributed by atoms with Crippen molar-refractivity contribution in [2.24, 2.45) is 11.3 Å². The van der Waals surface area contributed by atoms with E-state index < -0.39 is 0 Å². The monoisotopic (exact) mass is 236 g/mol. The van der Waals surface area contributed by atoms with Gasteiger partial charge < -0.3 is 0 Å². The Kier molecular flexibility index (Phi) is 6.82. The summed E-state index contributed by atoms with van der Waals surface area (Å²) in [6, 6.07) is 0. The average molecular weight is 236 g/mol. The highest BCUT2D eigenvalue weighted by molar-refractivity contribution is 5.34. The van der Waals surface area contributed by atoms with Crippen molar-refractivity contribution in [3.63, 3.8) is 0 Å². The van der Waals surface area contributed by atoms with Crippen LogP contribution in [0.1, 0.15) is 74.1 Å². The number of hydrogen-bond donors (Lipinski definition) is 0. The molecule has 0 nitrogen and oxygen atoms in total. The first-order valence-corrected chi connectivity index (χ1v) is 7.19. The van der Waals surface area contributed by atoms with Crippen molar-refractivity contribution in [2.75, 3.05) is 0 Å². The van der Waals surface area contributed by atoms with Gasteiger partial charge in [0, 0.05) is 0 Å². The van der Waals surface area contributed by atoms with Crippen molar-refractivity contribution in [2.45, 2.75) is 74.1 Å². The molecule has 0 fully saturated rings. The summed E-state index contributed by atoms with van der Waals surface area (Å²) >= 11 is 0. The lowest BCUT2D eigenvalue weighted by molar-refractivity contribution is 0.257. The van der Waals surface area contributed by atoms with Gasteiger partial charge in [-0.15, -0.1) is 0 Å². The van der Waals surface area contributed by atoms with E-state index >= 15 is 0 Å². The predicted octanol–water partition coefficient (Wildman–Crippen LogP) is 6.14. The molecule has 0 N–H and O–H groups in total. The van der Waals surface area contributed by atoms with E-state index in [1.165, 1.54) is 30.4 Å². The third-order valence-corrected chi connectivity index (χ3v) is 4.60. The standard InChI is InChI=1S/C17H32/c1-9-12-16(10-2)14(5)13(4)15(6)17(7,8)11-3/h15H,4,9-12H2,1-3,5-8H3. The summed E-state index contributed by atoms with van der Waals surface area (Å²) < 4.78 is 0. The van der Waals surface area contributed by atoms with Gasteiger partial charge in [0.15, 0.2) is 0 Å². The van der Waals surface area contributed by atoms with Crippen LogP contribution in [0.2, 0.25) is 0 Å². The third kappa shape index (κ3) is 4.33. The van der Waals surface area contributed by atoms with Gasteiger partial charge in [-0.3, -0.25) is 0 Å².